The molecule has 0 radical (unpaired) electrons. The molecule has 0 bridgehead atoms. The van der Waals surface area contributed by atoms with E-state index < -0.39 is 0 Å². The van der Waals surface area contributed by atoms with Gasteiger partial charge < -0.3 is 16.1 Å². The number of rotatable bonds is 7. The van der Waals surface area contributed by atoms with Gasteiger partial charge in [-0.2, -0.15) is 0 Å². The SMILES string of the molecule is CCCNC(=O)CCNC(=O)c1cccnc1NN. The van der Waals surface area contributed by atoms with Gasteiger partial charge in [0.15, 0.2) is 5.82 Å². The van der Waals surface area contributed by atoms with E-state index in [1.165, 1.54) is 6.20 Å². The topological polar surface area (TPSA) is 109 Å². The summed E-state index contributed by atoms with van der Waals surface area (Å²) in [4.78, 5) is 27.1. The van der Waals surface area contributed by atoms with Gasteiger partial charge in [-0.3, -0.25) is 9.59 Å². The standard InChI is InChI=1S/C12H19N5O2/c1-2-6-14-10(18)5-8-16-12(19)9-4-3-7-15-11(9)17-13/h3-4,7H,2,5-6,8,13H2,1H3,(H,14,18)(H,15,17)(H,16,19). The predicted molar refractivity (Wildman–Crippen MR) is 72.3 cm³/mol. The van der Waals surface area contributed by atoms with E-state index >= 15 is 0 Å². The lowest BCUT2D eigenvalue weighted by atomic mass is 10.2. The highest BCUT2D eigenvalue weighted by Crippen LogP contribution is 2.09. The lowest BCUT2D eigenvalue weighted by molar-refractivity contribution is -0.120. The van der Waals surface area contributed by atoms with Crippen molar-refractivity contribution >= 4 is 17.6 Å². The van der Waals surface area contributed by atoms with Crippen LogP contribution in [-0.4, -0.2) is 29.9 Å². The molecule has 0 saturated heterocycles. The highest BCUT2D eigenvalue weighted by molar-refractivity contribution is 5.98. The summed E-state index contributed by atoms with van der Waals surface area (Å²) in [6, 6.07) is 3.25. The Morgan fingerprint density at radius 3 is 2.79 bits per heavy atom. The van der Waals surface area contributed by atoms with E-state index in [0.29, 0.717) is 17.9 Å². The van der Waals surface area contributed by atoms with Gasteiger partial charge in [-0.05, 0) is 18.6 Å². The van der Waals surface area contributed by atoms with Gasteiger partial charge in [-0.1, -0.05) is 6.92 Å². The van der Waals surface area contributed by atoms with Crippen LogP contribution in [0.3, 0.4) is 0 Å². The van der Waals surface area contributed by atoms with E-state index in [-0.39, 0.29) is 24.8 Å². The van der Waals surface area contributed by atoms with Crippen molar-refractivity contribution in [2.24, 2.45) is 5.84 Å². The smallest absolute Gasteiger partial charge is 0.255 e. The molecule has 104 valence electrons. The summed E-state index contributed by atoms with van der Waals surface area (Å²) in [7, 11) is 0. The van der Waals surface area contributed by atoms with Crippen LogP contribution in [0.15, 0.2) is 18.3 Å². The molecule has 7 nitrogen and oxygen atoms in total. The second kappa shape index (κ2) is 8.04. The Hall–Kier alpha value is -2.15. The van der Waals surface area contributed by atoms with Crippen molar-refractivity contribution in [3.8, 4) is 0 Å². The Morgan fingerprint density at radius 2 is 2.11 bits per heavy atom. The number of pyridine rings is 1. The number of nitrogens with one attached hydrogen (secondary N) is 3. The Morgan fingerprint density at radius 1 is 1.32 bits per heavy atom. The van der Waals surface area contributed by atoms with Crippen molar-refractivity contribution in [3.63, 3.8) is 0 Å². The van der Waals surface area contributed by atoms with E-state index in [2.05, 4.69) is 21.0 Å². The molecule has 7 heteroatoms. The first-order valence-corrected chi connectivity index (χ1v) is 6.15. The molecular weight excluding hydrogens is 246 g/mol. The summed E-state index contributed by atoms with van der Waals surface area (Å²) in [5.41, 5.74) is 2.70. The summed E-state index contributed by atoms with van der Waals surface area (Å²) in [5, 5.41) is 5.38. The first-order chi connectivity index (χ1) is 9.19. The molecule has 0 fully saturated rings. The maximum atomic E-state index is 11.8. The average Bonchev–Trinajstić information content (AvgIpc) is 2.44. The number of hydrogen-bond acceptors (Lipinski definition) is 5. The molecule has 0 saturated carbocycles. The molecule has 0 aliphatic carbocycles. The summed E-state index contributed by atoms with van der Waals surface area (Å²) in [6.45, 7) is 2.90. The highest BCUT2D eigenvalue weighted by atomic mass is 16.2. The molecule has 0 aliphatic rings. The molecule has 0 spiro atoms. The maximum absolute atomic E-state index is 11.8. The van der Waals surface area contributed by atoms with Crippen molar-refractivity contribution in [3.05, 3.63) is 23.9 Å². The predicted octanol–water partition coefficient (Wildman–Crippen LogP) is 0.0133. The Bertz CT molecular complexity index is 436. The van der Waals surface area contributed by atoms with Crippen LogP contribution in [0.2, 0.25) is 0 Å². The van der Waals surface area contributed by atoms with Crippen LogP contribution in [0.5, 0.6) is 0 Å². The molecule has 1 rings (SSSR count). The number of carbonyl (C=O) groups excluding carboxylic acids is 2. The van der Waals surface area contributed by atoms with Gasteiger partial charge in [-0.25, -0.2) is 10.8 Å². The lowest BCUT2D eigenvalue weighted by Gasteiger charge is -2.08. The Labute approximate surface area is 111 Å². The fourth-order valence-electron chi connectivity index (χ4n) is 1.44. The minimum Gasteiger partial charge on any atom is -0.356 e. The molecule has 1 heterocycles. The molecule has 19 heavy (non-hydrogen) atoms. The number of hydrazine groups is 1. The zero-order chi connectivity index (χ0) is 14.1. The summed E-state index contributed by atoms with van der Waals surface area (Å²) in [6.07, 6.45) is 2.67. The van der Waals surface area contributed by atoms with E-state index in [9.17, 15) is 9.59 Å². The van der Waals surface area contributed by atoms with Crippen LogP contribution in [-0.2, 0) is 4.79 Å². The first-order valence-electron chi connectivity index (χ1n) is 6.15. The van der Waals surface area contributed by atoms with Gasteiger partial charge in [0.2, 0.25) is 5.91 Å². The van der Waals surface area contributed by atoms with Crippen molar-refractivity contribution < 1.29 is 9.59 Å². The summed E-state index contributed by atoms with van der Waals surface area (Å²) < 4.78 is 0. The van der Waals surface area contributed by atoms with Gasteiger partial charge in [0.25, 0.3) is 5.91 Å². The fraction of sp³-hybridized carbons (Fsp3) is 0.417. The van der Waals surface area contributed by atoms with Gasteiger partial charge in [-0.15, -0.1) is 0 Å². The number of hydrogen-bond donors (Lipinski definition) is 4. The molecule has 5 N–H and O–H groups in total. The van der Waals surface area contributed by atoms with Crippen LogP contribution in [0.4, 0.5) is 5.82 Å². The number of carbonyl (C=O) groups is 2. The second-order valence-electron chi connectivity index (χ2n) is 3.90. The largest absolute Gasteiger partial charge is 0.356 e. The third-order valence-corrected chi connectivity index (χ3v) is 2.40. The van der Waals surface area contributed by atoms with Gasteiger partial charge >= 0.3 is 0 Å². The number of nitrogens with two attached hydrogens (primary N) is 1. The monoisotopic (exact) mass is 265 g/mol. The van der Waals surface area contributed by atoms with E-state index in [4.69, 9.17) is 5.84 Å². The summed E-state index contributed by atoms with van der Waals surface area (Å²) in [5.74, 6) is 5.17. The van der Waals surface area contributed by atoms with Gasteiger partial charge in [0.05, 0.1) is 5.56 Å². The fourth-order valence-corrected chi connectivity index (χ4v) is 1.44. The number of nitrogens with zero attached hydrogens (tertiary/aromatic N) is 1. The average molecular weight is 265 g/mol. The molecular formula is C12H19N5O2. The molecule has 1 aromatic rings. The third kappa shape index (κ3) is 4.92. The molecule has 0 unspecified atom stereocenters. The lowest BCUT2D eigenvalue weighted by Crippen LogP contribution is -2.31. The zero-order valence-electron chi connectivity index (χ0n) is 10.9. The van der Waals surface area contributed by atoms with E-state index in [0.717, 1.165) is 6.42 Å². The Balaban J connectivity index is 2.41. The number of amides is 2. The minimum atomic E-state index is -0.315. The van der Waals surface area contributed by atoms with Crippen LogP contribution < -0.4 is 21.9 Å². The molecule has 1 aromatic heterocycles. The maximum Gasteiger partial charge on any atom is 0.255 e. The molecule has 0 aromatic carbocycles. The number of anilines is 1. The quantitative estimate of drug-likeness (QED) is 0.410. The van der Waals surface area contributed by atoms with Gasteiger partial charge in [0.1, 0.15) is 0 Å². The van der Waals surface area contributed by atoms with Crippen molar-refractivity contribution in [2.45, 2.75) is 19.8 Å². The Kier molecular flexibility index (Phi) is 6.31. The number of nitrogen functional groups attached to an aromatic ring is 1. The van der Waals surface area contributed by atoms with Gasteiger partial charge in [0, 0.05) is 25.7 Å². The molecule has 0 atom stereocenters. The number of aromatic nitrogens is 1. The van der Waals surface area contributed by atoms with Crippen molar-refractivity contribution in [1.82, 2.24) is 15.6 Å². The molecule has 2 amide bonds. The second-order valence-corrected chi connectivity index (χ2v) is 3.90. The zero-order valence-corrected chi connectivity index (χ0v) is 10.9. The van der Waals surface area contributed by atoms with Crippen molar-refractivity contribution in [2.75, 3.05) is 18.5 Å². The minimum absolute atomic E-state index is 0.0782. The highest BCUT2D eigenvalue weighted by Gasteiger charge is 2.11. The first kappa shape index (κ1) is 14.9. The molecule has 0 aliphatic heterocycles. The van der Waals surface area contributed by atoms with Crippen LogP contribution >= 0.6 is 0 Å². The van der Waals surface area contributed by atoms with E-state index in [1.54, 1.807) is 12.1 Å². The third-order valence-electron chi connectivity index (χ3n) is 2.40. The van der Waals surface area contributed by atoms with Crippen LogP contribution in [0, 0.1) is 0 Å². The van der Waals surface area contributed by atoms with E-state index in [1.807, 2.05) is 6.92 Å². The summed E-state index contributed by atoms with van der Waals surface area (Å²) >= 11 is 0. The van der Waals surface area contributed by atoms with Crippen LogP contribution in [0.25, 0.3) is 0 Å². The normalized spacial score (nSPS) is 9.79. The van der Waals surface area contributed by atoms with Crippen LogP contribution in [0.1, 0.15) is 30.1 Å². The van der Waals surface area contributed by atoms with Crippen molar-refractivity contribution in [1.29, 1.82) is 0 Å².